The molecule has 0 aromatic heterocycles. The van der Waals surface area contributed by atoms with Gasteiger partial charge in [-0.1, -0.05) is 18.2 Å². The SMILES string of the molecule is Cc1ccc(C(=O)NCc2cccc(C(F)(F)F)c2)cc1N(C)S(C)(=O)=O. The molecule has 0 saturated carbocycles. The number of nitrogens with zero attached hydrogens (tertiary/aromatic N) is 1. The van der Waals surface area contributed by atoms with Crippen molar-refractivity contribution in [3.63, 3.8) is 0 Å². The molecule has 2 aromatic carbocycles. The zero-order valence-electron chi connectivity index (χ0n) is 15.0. The van der Waals surface area contributed by atoms with Gasteiger partial charge in [0.05, 0.1) is 17.5 Å². The number of hydrogen-bond acceptors (Lipinski definition) is 3. The van der Waals surface area contributed by atoms with Gasteiger partial charge in [0.15, 0.2) is 0 Å². The summed E-state index contributed by atoms with van der Waals surface area (Å²) in [6, 6.07) is 9.24. The maximum absolute atomic E-state index is 12.7. The second-order valence-corrected chi connectivity index (χ2v) is 8.13. The van der Waals surface area contributed by atoms with Crippen LogP contribution in [0.3, 0.4) is 0 Å². The topological polar surface area (TPSA) is 66.5 Å². The van der Waals surface area contributed by atoms with E-state index in [1.54, 1.807) is 13.0 Å². The molecular formula is C18H19F3N2O3S. The fourth-order valence-electron chi connectivity index (χ4n) is 2.41. The Hall–Kier alpha value is -2.55. The van der Waals surface area contributed by atoms with Crippen molar-refractivity contribution < 1.29 is 26.4 Å². The highest BCUT2D eigenvalue weighted by atomic mass is 32.2. The summed E-state index contributed by atoms with van der Waals surface area (Å²) in [5.41, 5.74) is 0.736. The molecule has 0 heterocycles. The van der Waals surface area contributed by atoms with Gasteiger partial charge in [0.25, 0.3) is 5.91 Å². The number of aryl methyl sites for hydroxylation is 1. The molecule has 0 aliphatic heterocycles. The second kappa shape index (κ2) is 7.59. The van der Waals surface area contributed by atoms with Crippen LogP contribution < -0.4 is 9.62 Å². The number of nitrogens with one attached hydrogen (secondary N) is 1. The summed E-state index contributed by atoms with van der Waals surface area (Å²) in [4.78, 5) is 12.3. The van der Waals surface area contributed by atoms with Crippen LogP contribution in [-0.2, 0) is 22.7 Å². The minimum Gasteiger partial charge on any atom is -0.348 e. The molecule has 2 rings (SSSR count). The first-order valence-electron chi connectivity index (χ1n) is 7.88. The fourth-order valence-corrected chi connectivity index (χ4v) is 2.96. The van der Waals surface area contributed by atoms with E-state index < -0.39 is 27.7 Å². The van der Waals surface area contributed by atoms with E-state index in [0.717, 1.165) is 22.7 Å². The molecular weight excluding hydrogens is 381 g/mol. The number of halogens is 3. The van der Waals surface area contributed by atoms with Crippen molar-refractivity contribution in [1.82, 2.24) is 5.32 Å². The quantitative estimate of drug-likeness (QED) is 0.837. The first kappa shape index (κ1) is 20.8. The summed E-state index contributed by atoms with van der Waals surface area (Å²) in [7, 11) is -2.12. The predicted octanol–water partition coefficient (Wildman–Crippen LogP) is 3.34. The van der Waals surface area contributed by atoms with Gasteiger partial charge in [-0.2, -0.15) is 13.2 Å². The zero-order valence-corrected chi connectivity index (χ0v) is 15.8. The van der Waals surface area contributed by atoms with Crippen molar-refractivity contribution >= 4 is 21.6 Å². The fraction of sp³-hybridized carbons (Fsp3) is 0.278. The number of hydrogen-bond donors (Lipinski definition) is 1. The Labute approximate surface area is 155 Å². The van der Waals surface area contributed by atoms with Gasteiger partial charge in [0.2, 0.25) is 10.0 Å². The first-order chi connectivity index (χ1) is 12.4. The van der Waals surface area contributed by atoms with Crippen molar-refractivity contribution in [2.45, 2.75) is 19.6 Å². The molecule has 0 atom stereocenters. The summed E-state index contributed by atoms with van der Waals surface area (Å²) >= 11 is 0. The van der Waals surface area contributed by atoms with Crippen LogP contribution in [0.1, 0.15) is 27.0 Å². The molecule has 5 nitrogen and oxygen atoms in total. The van der Waals surface area contributed by atoms with E-state index in [1.165, 1.54) is 31.3 Å². The van der Waals surface area contributed by atoms with Gasteiger partial charge in [-0.05, 0) is 42.3 Å². The number of amides is 1. The lowest BCUT2D eigenvalue weighted by atomic mass is 10.1. The lowest BCUT2D eigenvalue weighted by Crippen LogP contribution is -2.27. The Kier molecular flexibility index (Phi) is 5.84. The third kappa shape index (κ3) is 5.22. The summed E-state index contributed by atoms with van der Waals surface area (Å²) in [6.07, 6.45) is -3.41. The third-order valence-corrected chi connectivity index (χ3v) is 5.21. The van der Waals surface area contributed by atoms with Crippen LogP contribution in [0.15, 0.2) is 42.5 Å². The summed E-state index contributed by atoms with van der Waals surface area (Å²) < 4.78 is 62.7. The van der Waals surface area contributed by atoms with E-state index in [-0.39, 0.29) is 12.1 Å². The number of alkyl halides is 3. The summed E-state index contributed by atoms with van der Waals surface area (Å²) in [6.45, 7) is 1.62. The monoisotopic (exact) mass is 400 g/mol. The highest BCUT2D eigenvalue weighted by Crippen LogP contribution is 2.29. The molecule has 1 amide bonds. The van der Waals surface area contributed by atoms with Crippen LogP contribution in [0.4, 0.5) is 18.9 Å². The Morgan fingerprint density at radius 3 is 2.41 bits per heavy atom. The summed E-state index contributed by atoms with van der Waals surface area (Å²) in [5.74, 6) is -0.518. The number of benzene rings is 2. The molecule has 0 bridgehead atoms. The maximum atomic E-state index is 12.7. The Bertz CT molecular complexity index is 957. The lowest BCUT2D eigenvalue weighted by Gasteiger charge is -2.19. The normalized spacial score (nSPS) is 11.9. The molecule has 0 radical (unpaired) electrons. The van der Waals surface area contributed by atoms with Crippen molar-refractivity contribution in [3.8, 4) is 0 Å². The van der Waals surface area contributed by atoms with Crippen LogP contribution in [0.2, 0.25) is 0 Å². The van der Waals surface area contributed by atoms with E-state index in [0.29, 0.717) is 16.8 Å². The highest BCUT2D eigenvalue weighted by molar-refractivity contribution is 7.92. The van der Waals surface area contributed by atoms with Crippen LogP contribution in [-0.4, -0.2) is 27.6 Å². The number of rotatable bonds is 5. The van der Waals surface area contributed by atoms with Gasteiger partial charge in [0.1, 0.15) is 0 Å². The van der Waals surface area contributed by atoms with Gasteiger partial charge in [-0.25, -0.2) is 8.42 Å². The molecule has 2 aromatic rings. The molecule has 0 saturated heterocycles. The standard InChI is InChI=1S/C18H19F3N2O3S/c1-12-7-8-14(10-16(12)23(2)27(3,25)26)17(24)22-11-13-5-4-6-15(9-13)18(19,20)21/h4-10H,11H2,1-3H3,(H,22,24). The molecule has 0 aliphatic rings. The molecule has 0 spiro atoms. The molecule has 0 unspecified atom stereocenters. The average molecular weight is 400 g/mol. The number of sulfonamides is 1. The van der Waals surface area contributed by atoms with Crippen molar-refractivity contribution in [3.05, 3.63) is 64.7 Å². The molecule has 27 heavy (non-hydrogen) atoms. The van der Waals surface area contributed by atoms with Crippen molar-refractivity contribution in [2.75, 3.05) is 17.6 Å². The molecule has 0 aliphatic carbocycles. The predicted molar refractivity (Wildman–Crippen MR) is 97.0 cm³/mol. The Balaban J connectivity index is 2.18. The average Bonchev–Trinajstić information content (AvgIpc) is 2.58. The zero-order chi connectivity index (χ0) is 20.4. The molecule has 9 heteroatoms. The van der Waals surface area contributed by atoms with Gasteiger partial charge in [-0.15, -0.1) is 0 Å². The molecule has 1 N–H and O–H groups in total. The van der Waals surface area contributed by atoms with Gasteiger partial charge in [-0.3, -0.25) is 9.10 Å². The molecule has 0 fully saturated rings. The number of carbonyl (C=O) groups excluding carboxylic acids is 1. The largest absolute Gasteiger partial charge is 0.416 e. The summed E-state index contributed by atoms with van der Waals surface area (Å²) in [5, 5.41) is 2.54. The van der Waals surface area contributed by atoms with Crippen LogP contribution in [0, 0.1) is 6.92 Å². The second-order valence-electron chi connectivity index (χ2n) is 6.11. The van der Waals surface area contributed by atoms with E-state index in [4.69, 9.17) is 0 Å². The number of anilines is 1. The van der Waals surface area contributed by atoms with Crippen LogP contribution in [0.25, 0.3) is 0 Å². The third-order valence-electron chi connectivity index (χ3n) is 4.02. The van der Waals surface area contributed by atoms with Gasteiger partial charge in [0, 0.05) is 19.2 Å². The van der Waals surface area contributed by atoms with Gasteiger partial charge >= 0.3 is 6.18 Å². The van der Waals surface area contributed by atoms with Crippen molar-refractivity contribution in [2.24, 2.45) is 0 Å². The highest BCUT2D eigenvalue weighted by Gasteiger charge is 2.30. The number of carbonyl (C=O) groups is 1. The lowest BCUT2D eigenvalue weighted by molar-refractivity contribution is -0.137. The van der Waals surface area contributed by atoms with Gasteiger partial charge < -0.3 is 5.32 Å². The first-order valence-corrected chi connectivity index (χ1v) is 9.73. The van der Waals surface area contributed by atoms with E-state index in [2.05, 4.69) is 5.32 Å². The van der Waals surface area contributed by atoms with E-state index in [1.807, 2.05) is 0 Å². The Morgan fingerprint density at radius 1 is 1.15 bits per heavy atom. The van der Waals surface area contributed by atoms with Crippen LogP contribution >= 0.6 is 0 Å². The maximum Gasteiger partial charge on any atom is 0.416 e. The van der Waals surface area contributed by atoms with Crippen LogP contribution in [0.5, 0.6) is 0 Å². The smallest absolute Gasteiger partial charge is 0.348 e. The van der Waals surface area contributed by atoms with E-state index in [9.17, 15) is 26.4 Å². The Morgan fingerprint density at radius 2 is 1.81 bits per heavy atom. The minimum absolute atomic E-state index is 0.0894. The van der Waals surface area contributed by atoms with Crippen molar-refractivity contribution in [1.29, 1.82) is 0 Å². The molecule has 146 valence electrons. The van der Waals surface area contributed by atoms with E-state index >= 15 is 0 Å². The minimum atomic E-state index is -4.46.